The van der Waals surface area contributed by atoms with E-state index in [9.17, 15) is 9.59 Å². The first-order valence-electron chi connectivity index (χ1n) is 5.20. The Kier molecular flexibility index (Phi) is 4.66. The van der Waals surface area contributed by atoms with Crippen molar-refractivity contribution >= 4 is 22.8 Å². The number of benzene rings is 1. The third kappa shape index (κ3) is 3.28. The summed E-state index contributed by atoms with van der Waals surface area (Å²) in [4.78, 5) is 22.7. The summed E-state index contributed by atoms with van der Waals surface area (Å²) >= 11 is 5.30. The number of halogens is 1. The summed E-state index contributed by atoms with van der Waals surface area (Å²) in [6, 6.07) is 9.11. The highest BCUT2D eigenvalue weighted by atomic mass is 35.5. The van der Waals surface area contributed by atoms with Crippen molar-refractivity contribution in [1.82, 2.24) is 0 Å². The molecule has 92 valence electrons. The SMILES string of the molecule is CCC(N)(C(=O)Cl)C(=O)OCc1ccccc1. The summed E-state index contributed by atoms with van der Waals surface area (Å²) < 4.78 is 4.98. The van der Waals surface area contributed by atoms with E-state index in [0.717, 1.165) is 5.56 Å². The van der Waals surface area contributed by atoms with Crippen molar-refractivity contribution in [2.45, 2.75) is 25.5 Å². The number of carbonyl (C=O) groups is 2. The number of nitrogens with two attached hydrogens (primary N) is 1. The van der Waals surface area contributed by atoms with E-state index in [0.29, 0.717) is 0 Å². The van der Waals surface area contributed by atoms with Gasteiger partial charge >= 0.3 is 5.97 Å². The van der Waals surface area contributed by atoms with Crippen molar-refractivity contribution in [3.63, 3.8) is 0 Å². The molecule has 1 aromatic carbocycles. The van der Waals surface area contributed by atoms with Gasteiger partial charge in [0.1, 0.15) is 6.61 Å². The molecule has 5 heteroatoms. The van der Waals surface area contributed by atoms with E-state index in [4.69, 9.17) is 22.1 Å². The Morgan fingerprint density at radius 1 is 1.35 bits per heavy atom. The van der Waals surface area contributed by atoms with E-state index in [1.807, 2.05) is 18.2 Å². The molecule has 1 rings (SSSR count). The molecule has 0 fully saturated rings. The van der Waals surface area contributed by atoms with Crippen LogP contribution in [0.15, 0.2) is 30.3 Å². The highest BCUT2D eigenvalue weighted by Crippen LogP contribution is 2.14. The molecule has 0 aliphatic heterocycles. The van der Waals surface area contributed by atoms with Gasteiger partial charge < -0.3 is 10.5 Å². The van der Waals surface area contributed by atoms with E-state index >= 15 is 0 Å². The Labute approximate surface area is 105 Å². The predicted octanol–water partition coefficient (Wildman–Crippen LogP) is 1.60. The second-order valence-corrected chi connectivity index (χ2v) is 4.00. The normalized spacial score (nSPS) is 13.8. The standard InChI is InChI=1S/C12H14ClNO3/c1-2-12(14,10(13)15)11(16)17-8-9-6-4-3-5-7-9/h3-7H,2,8,14H2,1H3. The number of esters is 1. The fraction of sp³-hybridized carbons (Fsp3) is 0.333. The van der Waals surface area contributed by atoms with Crippen molar-refractivity contribution in [2.75, 3.05) is 0 Å². The molecule has 0 spiro atoms. The second-order valence-electron chi connectivity index (χ2n) is 3.66. The zero-order valence-electron chi connectivity index (χ0n) is 9.48. The van der Waals surface area contributed by atoms with E-state index in [2.05, 4.69) is 0 Å². The molecule has 4 nitrogen and oxygen atoms in total. The third-order valence-electron chi connectivity index (χ3n) is 2.49. The Bertz CT molecular complexity index is 407. The molecule has 2 N–H and O–H groups in total. The van der Waals surface area contributed by atoms with Crippen LogP contribution in [0.4, 0.5) is 0 Å². The Morgan fingerprint density at radius 3 is 2.41 bits per heavy atom. The summed E-state index contributed by atoms with van der Waals surface area (Å²) in [5, 5.41) is -0.905. The highest BCUT2D eigenvalue weighted by Gasteiger charge is 2.40. The molecule has 0 saturated heterocycles. The maximum atomic E-state index is 11.7. The predicted molar refractivity (Wildman–Crippen MR) is 64.3 cm³/mol. The summed E-state index contributed by atoms with van der Waals surface area (Å²) in [5.74, 6) is -0.802. The van der Waals surface area contributed by atoms with Gasteiger partial charge in [-0.1, -0.05) is 37.3 Å². The molecule has 0 heterocycles. The van der Waals surface area contributed by atoms with Crippen molar-refractivity contribution in [2.24, 2.45) is 5.73 Å². The summed E-state index contributed by atoms with van der Waals surface area (Å²) in [6.07, 6.45) is 0.100. The van der Waals surface area contributed by atoms with Crippen LogP contribution in [0.2, 0.25) is 0 Å². The van der Waals surface area contributed by atoms with E-state index in [-0.39, 0.29) is 13.0 Å². The lowest BCUT2D eigenvalue weighted by Crippen LogP contribution is -2.53. The van der Waals surface area contributed by atoms with Crippen LogP contribution in [-0.2, 0) is 20.9 Å². The van der Waals surface area contributed by atoms with Gasteiger partial charge in [0.05, 0.1) is 0 Å². The summed E-state index contributed by atoms with van der Waals surface area (Å²) in [6.45, 7) is 1.67. The summed E-state index contributed by atoms with van der Waals surface area (Å²) in [7, 11) is 0. The zero-order chi connectivity index (χ0) is 12.9. The van der Waals surface area contributed by atoms with E-state index in [1.165, 1.54) is 0 Å². The van der Waals surface area contributed by atoms with Crippen molar-refractivity contribution in [3.8, 4) is 0 Å². The quantitative estimate of drug-likeness (QED) is 0.493. The van der Waals surface area contributed by atoms with Crippen LogP contribution in [-0.4, -0.2) is 16.8 Å². The lowest BCUT2D eigenvalue weighted by Gasteiger charge is -2.21. The van der Waals surface area contributed by atoms with Crippen LogP contribution in [0.5, 0.6) is 0 Å². The molecule has 0 aliphatic rings. The van der Waals surface area contributed by atoms with Gasteiger partial charge in [0.2, 0.25) is 0 Å². The molecule has 17 heavy (non-hydrogen) atoms. The monoisotopic (exact) mass is 255 g/mol. The maximum absolute atomic E-state index is 11.7. The average molecular weight is 256 g/mol. The van der Waals surface area contributed by atoms with Crippen LogP contribution in [0.1, 0.15) is 18.9 Å². The molecule has 1 atom stereocenters. The lowest BCUT2D eigenvalue weighted by atomic mass is 10.00. The fourth-order valence-corrected chi connectivity index (χ4v) is 1.43. The van der Waals surface area contributed by atoms with Crippen LogP contribution >= 0.6 is 11.6 Å². The number of hydrogen-bond donors (Lipinski definition) is 1. The van der Waals surface area contributed by atoms with Gasteiger partial charge in [-0.3, -0.25) is 4.79 Å². The summed E-state index contributed by atoms with van der Waals surface area (Å²) in [5.41, 5.74) is 4.66. The smallest absolute Gasteiger partial charge is 0.335 e. The molecule has 0 aliphatic carbocycles. The van der Waals surface area contributed by atoms with Crippen LogP contribution < -0.4 is 5.73 Å². The molecule has 0 saturated carbocycles. The van der Waals surface area contributed by atoms with Crippen molar-refractivity contribution in [1.29, 1.82) is 0 Å². The van der Waals surface area contributed by atoms with Crippen LogP contribution in [0.3, 0.4) is 0 Å². The Hall–Kier alpha value is -1.39. The van der Waals surface area contributed by atoms with Crippen molar-refractivity contribution < 1.29 is 14.3 Å². The van der Waals surface area contributed by atoms with Gasteiger partial charge in [-0.2, -0.15) is 0 Å². The fourth-order valence-electron chi connectivity index (χ4n) is 1.22. The molecule has 1 aromatic rings. The number of hydrogen-bond acceptors (Lipinski definition) is 4. The molecular formula is C12H14ClNO3. The van der Waals surface area contributed by atoms with E-state index < -0.39 is 16.8 Å². The first-order chi connectivity index (χ1) is 8.00. The lowest BCUT2D eigenvalue weighted by molar-refractivity contribution is -0.153. The van der Waals surface area contributed by atoms with Crippen LogP contribution in [0.25, 0.3) is 0 Å². The average Bonchev–Trinajstić information content (AvgIpc) is 2.35. The molecule has 0 aromatic heterocycles. The molecular weight excluding hydrogens is 242 g/mol. The number of ether oxygens (including phenoxy) is 1. The first-order valence-corrected chi connectivity index (χ1v) is 5.58. The van der Waals surface area contributed by atoms with Gasteiger partial charge in [0.15, 0.2) is 5.54 Å². The number of rotatable bonds is 5. The Balaban J connectivity index is 2.64. The van der Waals surface area contributed by atoms with Gasteiger partial charge in [-0.25, -0.2) is 4.79 Å². The minimum Gasteiger partial charge on any atom is -0.459 e. The van der Waals surface area contributed by atoms with Crippen LogP contribution in [0, 0.1) is 0 Å². The topological polar surface area (TPSA) is 69.4 Å². The molecule has 1 unspecified atom stereocenters. The van der Waals surface area contributed by atoms with Gasteiger partial charge in [0.25, 0.3) is 5.24 Å². The third-order valence-corrected chi connectivity index (χ3v) is 2.82. The maximum Gasteiger partial charge on any atom is 0.335 e. The number of carbonyl (C=O) groups excluding carboxylic acids is 2. The minimum absolute atomic E-state index is 0.0722. The molecule has 0 amide bonds. The molecule has 0 radical (unpaired) electrons. The van der Waals surface area contributed by atoms with Gasteiger partial charge in [0, 0.05) is 0 Å². The second kappa shape index (κ2) is 5.80. The zero-order valence-corrected chi connectivity index (χ0v) is 10.2. The Morgan fingerprint density at radius 2 is 1.94 bits per heavy atom. The highest BCUT2D eigenvalue weighted by molar-refractivity contribution is 6.67. The minimum atomic E-state index is -1.75. The van der Waals surface area contributed by atoms with Crippen molar-refractivity contribution in [3.05, 3.63) is 35.9 Å². The molecule has 0 bridgehead atoms. The van der Waals surface area contributed by atoms with Gasteiger partial charge in [-0.05, 0) is 23.6 Å². The first kappa shape index (κ1) is 13.7. The largest absolute Gasteiger partial charge is 0.459 e. The van der Waals surface area contributed by atoms with E-state index in [1.54, 1.807) is 19.1 Å². The van der Waals surface area contributed by atoms with Gasteiger partial charge in [-0.15, -0.1) is 0 Å².